The lowest BCUT2D eigenvalue weighted by atomic mass is 10.1. The van der Waals surface area contributed by atoms with Gasteiger partial charge in [-0.15, -0.1) is 0 Å². The summed E-state index contributed by atoms with van der Waals surface area (Å²) in [6.45, 7) is 3.05. The number of benzene rings is 3. The van der Waals surface area contributed by atoms with Crippen molar-refractivity contribution in [2.45, 2.75) is 26.0 Å². The van der Waals surface area contributed by atoms with Crippen LogP contribution in [0, 0.1) is 17.7 Å². The third-order valence-corrected chi connectivity index (χ3v) is 5.30. The number of nitrogens with zero attached hydrogens (tertiary/aromatic N) is 1. The molecule has 0 saturated carbocycles. The zero-order chi connectivity index (χ0) is 26.8. The van der Waals surface area contributed by atoms with Crippen LogP contribution in [0.3, 0.4) is 0 Å². The minimum Gasteiger partial charge on any atom is -0.391 e. The summed E-state index contributed by atoms with van der Waals surface area (Å²) in [5.74, 6) is 4.59. The summed E-state index contributed by atoms with van der Waals surface area (Å²) in [4.78, 5) is 28.0. The molecule has 3 aromatic rings. The van der Waals surface area contributed by atoms with Crippen molar-refractivity contribution >= 4 is 28.9 Å². The summed E-state index contributed by atoms with van der Waals surface area (Å²) in [5, 5.41) is 24.1. The first-order valence-corrected chi connectivity index (χ1v) is 11.4. The van der Waals surface area contributed by atoms with Crippen LogP contribution >= 0.6 is 0 Å². The molecular formula is C28H27FN4O4. The molecule has 0 radical (unpaired) electrons. The number of hydroxylamine groups is 1. The fraction of sp³-hybridized carbons (Fsp3) is 0.179. The molecule has 0 aliphatic carbocycles. The molecule has 5 N–H and O–H groups in total. The molecule has 0 aromatic heterocycles. The van der Waals surface area contributed by atoms with Crippen LogP contribution in [0.1, 0.15) is 30.5 Å². The molecular weight excluding hydrogens is 475 g/mol. The molecule has 0 aliphatic heterocycles. The maximum atomic E-state index is 13.6. The second-order valence-corrected chi connectivity index (χ2v) is 8.16. The van der Waals surface area contributed by atoms with Gasteiger partial charge in [0.15, 0.2) is 6.04 Å². The molecule has 190 valence electrons. The van der Waals surface area contributed by atoms with Gasteiger partial charge in [-0.25, -0.2) is 9.87 Å². The largest absolute Gasteiger partial charge is 0.391 e. The lowest BCUT2D eigenvalue weighted by Gasteiger charge is -2.14. The van der Waals surface area contributed by atoms with Crippen LogP contribution in [-0.2, 0) is 9.59 Å². The number of amides is 2. The first-order chi connectivity index (χ1) is 17.8. The molecule has 0 spiro atoms. The van der Waals surface area contributed by atoms with E-state index in [0.29, 0.717) is 11.4 Å². The average Bonchev–Trinajstić information content (AvgIpc) is 2.90. The number of carbonyl (C=O) groups excluding carboxylic acids is 2. The average molecular weight is 503 g/mol. The molecule has 9 heteroatoms. The van der Waals surface area contributed by atoms with Crippen molar-refractivity contribution in [3.05, 3.63) is 95.3 Å². The predicted octanol–water partition coefficient (Wildman–Crippen LogP) is 3.34. The summed E-state index contributed by atoms with van der Waals surface area (Å²) >= 11 is 0. The second kappa shape index (κ2) is 13.0. The molecule has 0 fully saturated rings. The molecule has 2 atom stereocenters. The van der Waals surface area contributed by atoms with Gasteiger partial charge in [-0.3, -0.25) is 19.8 Å². The zero-order valence-electron chi connectivity index (χ0n) is 20.3. The van der Waals surface area contributed by atoms with E-state index in [1.807, 2.05) is 12.1 Å². The normalized spacial score (nSPS) is 12.5. The van der Waals surface area contributed by atoms with E-state index in [-0.39, 0.29) is 18.1 Å². The standard InChI is InChI=1S/C28H27FN4O4/c1-18(31-27(19(2)34)28(36)33-37)22-13-9-20(10-14-22)7-8-21-11-15-23(16-12-21)32-26(35)17-30-25-6-4-3-5-24(25)29/h3-6,9-16,19,27,30,34,37H,17H2,1-2H3,(H,32,35)(H,33,36)/t19-,27+/m1/s1. The summed E-state index contributed by atoms with van der Waals surface area (Å²) < 4.78 is 13.6. The monoisotopic (exact) mass is 502 g/mol. The van der Waals surface area contributed by atoms with Gasteiger partial charge in [0.1, 0.15) is 5.82 Å². The smallest absolute Gasteiger partial charge is 0.270 e. The van der Waals surface area contributed by atoms with E-state index in [1.54, 1.807) is 61.5 Å². The van der Waals surface area contributed by atoms with Gasteiger partial charge in [0.25, 0.3) is 5.91 Å². The molecule has 0 aliphatic rings. The van der Waals surface area contributed by atoms with E-state index in [1.165, 1.54) is 18.5 Å². The number of nitrogens with one attached hydrogen (secondary N) is 3. The Bertz CT molecular complexity index is 1330. The minimum absolute atomic E-state index is 0.0724. The van der Waals surface area contributed by atoms with Crippen LogP contribution in [0.25, 0.3) is 0 Å². The van der Waals surface area contributed by atoms with E-state index in [9.17, 15) is 19.1 Å². The minimum atomic E-state index is -1.12. The van der Waals surface area contributed by atoms with Gasteiger partial charge in [-0.1, -0.05) is 36.1 Å². The molecule has 8 nitrogen and oxygen atoms in total. The van der Waals surface area contributed by atoms with Crippen molar-refractivity contribution in [1.82, 2.24) is 5.48 Å². The second-order valence-electron chi connectivity index (χ2n) is 8.16. The van der Waals surface area contributed by atoms with Gasteiger partial charge < -0.3 is 15.7 Å². The molecule has 0 unspecified atom stereocenters. The van der Waals surface area contributed by atoms with Gasteiger partial charge in [0.2, 0.25) is 5.91 Å². The van der Waals surface area contributed by atoms with Crippen LogP contribution in [0.2, 0.25) is 0 Å². The Kier molecular flexibility index (Phi) is 9.49. The lowest BCUT2D eigenvalue weighted by Crippen LogP contribution is -2.38. The number of aliphatic hydroxyl groups excluding tert-OH is 1. The molecule has 3 rings (SSSR count). The number of aliphatic hydroxyl groups is 1. The first-order valence-electron chi connectivity index (χ1n) is 11.4. The van der Waals surface area contributed by atoms with E-state index in [4.69, 9.17) is 5.21 Å². The Morgan fingerprint density at radius 3 is 2.14 bits per heavy atom. The van der Waals surface area contributed by atoms with Crippen LogP contribution in [0.4, 0.5) is 15.8 Å². The Morgan fingerprint density at radius 2 is 1.57 bits per heavy atom. The van der Waals surface area contributed by atoms with Crippen molar-refractivity contribution in [3.63, 3.8) is 0 Å². The summed E-state index contributed by atoms with van der Waals surface area (Å²) in [5.41, 5.74) is 5.14. The van der Waals surface area contributed by atoms with Gasteiger partial charge in [-0.2, -0.15) is 0 Å². The molecule has 2 amide bonds. The number of hydrogen-bond donors (Lipinski definition) is 5. The number of aliphatic imine (C=N–C) groups is 1. The summed E-state index contributed by atoms with van der Waals surface area (Å²) in [7, 11) is 0. The van der Waals surface area contributed by atoms with E-state index >= 15 is 0 Å². The van der Waals surface area contributed by atoms with Crippen LogP contribution < -0.4 is 16.1 Å². The Balaban J connectivity index is 1.58. The maximum absolute atomic E-state index is 13.6. The number of hydrogen-bond acceptors (Lipinski definition) is 6. The van der Waals surface area contributed by atoms with E-state index < -0.39 is 23.9 Å². The molecule has 3 aromatic carbocycles. The summed E-state index contributed by atoms with van der Waals surface area (Å²) in [6.07, 6.45) is -1.07. The number of carbonyl (C=O) groups is 2. The Hall–Kier alpha value is -4.52. The molecule has 0 saturated heterocycles. The predicted molar refractivity (Wildman–Crippen MR) is 140 cm³/mol. The highest BCUT2D eigenvalue weighted by molar-refractivity contribution is 6.00. The van der Waals surface area contributed by atoms with Crippen LogP contribution in [0.15, 0.2) is 77.8 Å². The van der Waals surface area contributed by atoms with Gasteiger partial charge in [-0.05, 0) is 67.9 Å². The third kappa shape index (κ3) is 8.00. The van der Waals surface area contributed by atoms with Crippen molar-refractivity contribution in [3.8, 4) is 11.8 Å². The van der Waals surface area contributed by atoms with Crippen LogP contribution in [0.5, 0.6) is 0 Å². The number of rotatable bonds is 8. The quantitative estimate of drug-likeness (QED) is 0.140. The van der Waals surface area contributed by atoms with E-state index in [0.717, 1.165) is 16.7 Å². The van der Waals surface area contributed by atoms with Crippen molar-refractivity contribution in [2.24, 2.45) is 4.99 Å². The van der Waals surface area contributed by atoms with Crippen molar-refractivity contribution < 1.29 is 24.3 Å². The SMILES string of the molecule is CC(=N[C@H](C(=O)NO)[C@@H](C)O)c1ccc(C#Cc2ccc(NC(=O)CNc3ccccc3F)cc2)cc1. The van der Waals surface area contributed by atoms with Crippen LogP contribution in [-0.4, -0.2) is 46.5 Å². The fourth-order valence-electron chi connectivity index (χ4n) is 3.30. The van der Waals surface area contributed by atoms with Gasteiger partial charge in [0.05, 0.1) is 18.3 Å². The fourth-order valence-corrected chi connectivity index (χ4v) is 3.30. The number of para-hydroxylation sites is 1. The Labute approximate surface area is 214 Å². The Morgan fingerprint density at radius 1 is 0.973 bits per heavy atom. The molecule has 0 heterocycles. The maximum Gasteiger partial charge on any atom is 0.270 e. The van der Waals surface area contributed by atoms with Crippen molar-refractivity contribution in [1.29, 1.82) is 0 Å². The first kappa shape index (κ1) is 27.1. The van der Waals surface area contributed by atoms with E-state index in [2.05, 4.69) is 27.5 Å². The van der Waals surface area contributed by atoms with Gasteiger partial charge in [0, 0.05) is 22.5 Å². The highest BCUT2D eigenvalue weighted by Crippen LogP contribution is 2.13. The number of anilines is 2. The highest BCUT2D eigenvalue weighted by atomic mass is 19.1. The zero-order valence-corrected chi connectivity index (χ0v) is 20.3. The summed E-state index contributed by atoms with van der Waals surface area (Å²) in [6, 6.07) is 19.2. The highest BCUT2D eigenvalue weighted by Gasteiger charge is 2.22. The third-order valence-electron chi connectivity index (χ3n) is 5.30. The topological polar surface area (TPSA) is 123 Å². The molecule has 37 heavy (non-hydrogen) atoms. The molecule has 0 bridgehead atoms. The van der Waals surface area contributed by atoms with Gasteiger partial charge >= 0.3 is 0 Å². The number of halogens is 1. The lowest BCUT2D eigenvalue weighted by molar-refractivity contribution is -0.132. The van der Waals surface area contributed by atoms with Crippen molar-refractivity contribution in [2.75, 3.05) is 17.2 Å².